The van der Waals surface area contributed by atoms with Crippen molar-refractivity contribution in [3.05, 3.63) is 70.8 Å². The van der Waals surface area contributed by atoms with Gasteiger partial charge in [-0.1, -0.05) is 67.9 Å². The normalized spacial score (nSPS) is 12.8. The van der Waals surface area contributed by atoms with Crippen molar-refractivity contribution in [1.29, 1.82) is 0 Å². The van der Waals surface area contributed by atoms with E-state index in [0.29, 0.717) is 18.7 Å². The first-order valence-electron chi connectivity index (χ1n) is 11.1. The third-order valence-corrected chi connectivity index (χ3v) is 6.57. The SMILES string of the molecule is CCC(C)NC(=O)C(CC)N(Cc1ccc(C)cc1)C(=O)CSCc1ccccc1C. The molecule has 2 amide bonds. The quantitative estimate of drug-likeness (QED) is 0.519. The molecule has 2 aromatic carbocycles. The van der Waals surface area contributed by atoms with E-state index in [2.05, 4.69) is 24.4 Å². The van der Waals surface area contributed by atoms with Gasteiger partial charge in [-0.15, -0.1) is 11.8 Å². The van der Waals surface area contributed by atoms with Gasteiger partial charge in [-0.05, 0) is 50.3 Å². The molecule has 0 aromatic heterocycles. The fourth-order valence-corrected chi connectivity index (χ4v) is 4.34. The molecule has 2 aromatic rings. The minimum atomic E-state index is -0.470. The Kier molecular flexibility index (Phi) is 10.1. The van der Waals surface area contributed by atoms with Crippen molar-refractivity contribution in [2.24, 2.45) is 0 Å². The van der Waals surface area contributed by atoms with E-state index in [0.717, 1.165) is 17.7 Å². The van der Waals surface area contributed by atoms with Gasteiger partial charge in [-0.2, -0.15) is 0 Å². The molecule has 0 fully saturated rings. The van der Waals surface area contributed by atoms with Crippen LogP contribution in [0.2, 0.25) is 0 Å². The Balaban J connectivity index is 2.14. The van der Waals surface area contributed by atoms with E-state index in [1.165, 1.54) is 16.7 Å². The monoisotopic (exact) mass is 440 g/mol. The van der Waals surface area contributed by atoms with Crippen molar-refractivity contribution < 1.29 is 9.59 Å². The van der Waals surface area contributed by atoms with Gasteiger partial charge in [0.05, 0.1) is 5.75 Å². The minimum Gasteiger partial charge on any atom is -0.352 e. The van der Waals surface area contributed by atoms with Gasteiger partial charge >= 0.3 is 0 Å². The van der Waals surface area contributed by atoms with Gasteiger partial charge < -0.3 is 10.2 Å². The van der Waals surface area contributed by atoms with Gasteiger partial charge in [0, 0.05) is 18.3 Å². The van der Waals surface area contributed by atoms with Gasteiger partial charge in [0.15, 0.2) is 0 Å². The Morgan fingerprint density at radius 1 is 1.00 bits per heavy atom. The lowest BCUT2D eigenvalue weighted by atomic mass is 10.1. The standard InChI is InChI=1S/C26H36N2O2S/c1-6-21(5)27-26(30)24(7-2)28(16-22-14-12-19(3)13-15-22)25(29)18-31-17-23-11-9-8-10-20(23)4/h8-15,21,24H,6-7,16-18H2,1-5H3,(H,27,30). The molecule has 0 spiro atoms. The highest BCUT2D eigenvalue weighted by Gasteiger charge is 2.29. The van der Waals surface area contributed by atoms with Crippen molar-refractivity contribution >= 4 is 23.6 Å². The summed E-state index contributed by atoms with van der Waals surface area (Å²) in [4.78, 5) is 28.0. The van der Waals surface area contributed by atoms with Crippen LogP contribution in [0.25, 0.3) is 0 Å². The molecule has 0 bridgehead atoms. The van der Waals surface area contributed by atoms with E-state index in [9.17, 15) is 9.59 Å². The summed E-state index contributed by atoms with van der Waals surface area (Å²) in [5.74, 6) is 1.08. The number of carbonyl (C=O) groups is 2. The van der Waals surface area contributed by atoms with E-state index in [1.54, 1.807) is 16.7 Å². The summed E-state index contributed by atoms with van der Waals surface area (Å²) >= 11 is 1.61. The van der Waals surface area contributed by atoms with Crippen molar-refractivity contribution in [3.63, 3.8) is 0 Å². The maximum atomic E-state index is 13.3. The second-order valence-electron chi connectivity index (χ2n) is 8.17. The molecule has 2 unspecified atom stereocenters. The molecule has 0 heterocycles. The molecule has 2 rings (SSSR count). The van der Waals surface area contributed by atoms with Gasteiger partial charge in [0.2, 0.25) is 11.8 Å². The van der Waals surface area contributed by atoms with Crippen LogP contribution >= 0.6 is 11.8 Å². The van der Waals surface area contributed by atoms with Gasteiger partial charge in [0.25, 0.3) is 0 Å². The van der Waals surface area contributed by atoms with E-state index >= 15 is 0 Å². The molecule has 0 saturated heterocycles. The van der Waals surface area contributed by atoms with E-state index in [1.807, 2.05) is 64.1 Å². The predicted octanol–water partition coefficient (Wildman–Crippen LogP) is 5.26. The Morgan fingerprint density at radius 3 is 2.29 bits per heavy atom. The average molecular weight is 441 g/mol. The molecular weight excluding hydrogens is 404 g/mol. The van der Waals surface area contributed by atoms with Gasteiger partial charge in [-0.25, -0.2) is 0 Å². The molecule has 2 atom stereocenters. The summed E-state index contributed by atoms with van der Waals surface area (Å²) in [5.41, 5.74) is 4.69. The van der Waals surface area contributed by atoms with E-state index in [-0.39, 0.29) is 17.9 Å². The molecular formula is C26H36N2O2S. The number of nitrogens with one attached hydrogen (secondary N) is 1. The highest BCUT2D eigenvalue weighted by molar-refractivity contribution is 7.99. The number of nitrogens with zero attached hydrogens (tertiary/aromatic N) is 1. The first kappa shape index (κ1) is 25.0. The van der Waals surface area contributed by atoms with Crippen LogP contribution in [0.15, 0.2) is 48.5 Å². The molecule has 1 N–H and O–H groups in total. The number of hydrogen-bond donors (Lipinski definition) is 1. The van der Waals surface area contributed by atoms with Gasteiger partial charge in [-0.3, -0.25) is 9.59 Å². The summed E-state index contributed by atoms with van der Waals surface area (Å²) in [6, 6.07) is 16.0. The molecule has 4 nitrogen and oxygen atoms in total. The molecule has 0 aliphatic heterocycles. The lowest BCUT2D eigenvalue weighted by Gasteiger charge is -2.31. The number of aryl methyl sites for hydroxylation is 2. The van der Waals surface area contributed by atoms with Gasteiger partial charge in [0.1, 0.15) is 6.04 Å². The Labute approximate surface area is 191 Å². The molecule has 168 valence electrons. The van der Waals surface area contributed by atoms with Crippen LogP contribution in [-0.4, -0.2) is 34.6 Å². The summed E-state index contributed by atoms with van der Waals surface area (Å²) in [6.07, 6.45) is 1.45. The number of rotatable bonds is 11. The number of hydrogen-bond acceptors (Lipinski definition) is 3. The number of carbonyl (C=O) groups excluding carboxylic acids is 2. The number of amides is 2. The van der Waals surface area contributed by atoms with Crippen LogP contribution in [0.3, 0.4) is 0 Å². The van der Waals surface area contributed by atoms with Crippen molar-refractivity contribution in [2.45, 2.75) is 71.8 Å². The van der Waals surface area contributed by atoms with Crippen molar-refractivity contribution in [1.82, 2.24) is 10.2 Å². The molecule has 5 heteroatoms. The van der Waals surface area contributed by atoms with E-state index in [4.69, 9.17) is 0 Å². The number of thioether (sulfide) groups is 1. The third-order valence-electron chi connectivity index (χ3n) is 5.60. The average Bonchev–Trinajstić information content (AvgIpc) is 2.76. The molecule has 0 saturated carbocycles. The predicted molar refractivity (Wildman–Crippen MR) is 131 cm³/mol. The fraction of sp³-hybridized carbons (Fsp3) is 0.462. The third kappa shape index (κ3) is 7.73. The highest BCUT2D eigenvalue weighted by Crippen LogP contribution is 2.19. The first-order valence-corrected chi connectivity index (χ1v) is 12.3. The zero-order chi connectivity index (χ0) is 22.8. The summed E-state index contributed by atoms with van der Waals surface area (Å²) < 4.78 is 0. The lowest BCUT2D eigenvalue weighted by Crippen LogP contribution is -2.51. The second kappa shape index (κ2) is 12.6. The van der Waals surface area contributed by atoms with Crippen LogP contribution in [0.4, 0.5) is 0 Å². The topological polar surface area (TPSA) is 49.4 Å². The fourth-order valence-electron chi connectivity index (χ4n) is 3.35. The Morgan fingerprint density at radius 2 is 1.68 bits per heavy atom. The van der Waals surface area contributed by atoms with Crippen LogP contribution in [0.5, 0.6) is 0 Å². The Hall–Kier alpha value is -2.27. The zero-order valence-corrected chi connectivity index (χ0v) is 20.3. The maximum Gasteiger partial charge on any atom is 0.243 e. The zero-order valence-electron chi connectivity index (χ0n) is 19.5. The highest BCUT2D eigenvalue weighted by atomic mass is 32.2. The Bertz CT molecular complexity index is 851. The molecule has 0 aliphatic rings. The first-order chi connectivity index (χ1) is 14.8. The van der Waals surface area contributed by atoms with Crippen LogP contribution in [-0.2, 0) is 21.9 Å². The second-order valence-corrected chi connectivity index (χ2v) is 9.15. The van der Waals surface area contributed by atoms with Crippen LogP contribution < -0.4 is 5.32 Å². The molecule has 0 radical (unpaired) electrons. The number of benzene rings is 2. The summed E-state index contributed by atoms with van der Waals surface area (Å²) in [6.45, 7) is 10.6. The van der Waals surface area contributed by atoms with E-state index < -0.39 is 6.04 Å². The van der Waals surface area contributed by atoms with Crippen LogP contribution in [0.1, 0.15) is 55.9 Å². The summed E-state index contributed by atoms with van der Waals surface area (Å²) in [7, 11) is 0. The molecule has 0 aliphatic carbocycles. The largest absolute Gasteiger partial charge is 0.352 e. The maximum absolute atomic E-state index is 13.3. The smallest absolute Gasteiger partial charge is 0.243 e. The van der Waals surface area contributed by atoms with Crippen molar-refractivity contribution in [2.75, 3.05) is 5.75 Å². The van der Waals surface area contributed by atoms with Crippen LogP contribution in [0, 0.1) is 13.8 Å². The minimum absolute atomic E-state index is 0.00492. The molecule has 31 heavy (non-hydrogen) atoms. The summed E-state index contributed by atoms with van der Waals surface area (Å²) in [5, 5.41) is 3.06. The van der Waals surface area contributed by atoms with Crippen molar-refractivity contribution in [3.8, 4) is 0 Å². The lowest BCUT2D eigenvalue weighted by molar-refractivity contribution is -0.139.